The molecule has 1 spiro atoms. The van der Waals surface area contributed by atoms with Crippen LogP contribution in [0.1, 0.15) is 49.8 Å². The number of aryl methyl sites for hydroxylation is 1. The highest BCUT2D eigenvalue weighted by molar-refractivity contribution is 9.09. The number of aliphatic hydroxyl groups excluding tert-OH is 1. The van der Waals surface area contributed by atoms with Crippen LogP contribution in [0.5, 0.6) is 0 Å². The topological polar surface area (TPSA) is 125 Å². The molecule has 3 saturated heterocycles. The maximum atomic E-state index is 14.9. The van der Waals surface area contributed by atoms with E-state index >= 15 is 0 Å². The van der Waals surface area contributed by atoms with Gasteiger partial charge in [-0.2, -0.15) is 0 Å². The third-order valence-corrected chi connectivity index (χ3v) is 11.0. The molecule has 49 heavy (non-hydrogen) atoms. The minimum Gasteiger partial charge on any atom is -0.455 e. The number of allylic oxidation sites excluding steroid dienone is 1. The summed E-state index contributed by atoms with van der Waals surface area (Å²) < 4.78 is 12.8. The standard InChI is InChI=1S/C37H43BrClN3O7/c1-5-8-17-28(44)40-20-27(23-14-10-9-11-15-23)48-36(47)29-30-34(45)42(24(7-3)21-43)33(37(30)19-25(38)32(29)49-37)35(46)41(18-6-2)31-22(4)13-12-16-26(31)39/h5-6,9-16,24-25,27,29-30,32-33,43H,1-2,7-8,17-21H2,3-4H3,(H,40,44)/t24-,25?,27+,29-,30+,32-,33-,37+/m0/s1. The number of para-hydroxylation sites is 1. The largest absolute Gasteiger partial charge is 0.455 e. The lowest BCUT2D eigenvalue weighted by Gasteiger charge is -2.39. The Morgan fingerprint density at radius 2 is 1.94 bits per heavy atom. The molecule has 2 aromatic carbocycles. The van der Waals surface area contributed by atoms with Crippen LogP contribution in [-0.4, -0.2) is 82.0 Å². The molecule has 0 aliphatic carbocycles. The minimum absolute atomic E-state index is 0.0226. The van der Waals surface area contributed by atoms with Crippen molar-refractivity contribution < 1.29 is 33.8 Å². The predicted octanol–water partition coefficient (Wildman–Crippen LogP) is 5.05. The van der Waals surface area contributed by atoms with Crippen LogP contribution in [0, 0.1) is 18.8 Å². The average Bonchev–Trinajstić information content (AvgIpc) is 3.69. The monoisotopic (exact) mass is 755 g/mol. The number of nitrogens with one attached hydrogen (secondary N) is 1. The number of hydrogen-bond donors (Lipinski definition) is 2. The molecule has 2 aromatic rings. The van der Waals surface area contributed by atoms with Crippen LogP contribution in [0.15, 0.2) is 73.8 Å². The van der Waals surface area contributed by atoms with Crippen LogP contribution in [0.3, 0.4) is 0 Å². The molecule has 3 amide bonds. The second-order valence-corrected chi connectivity index (χ2v) is 14.3. The van der Waals surface area contributed by atoms with E-state index in [1.54, 1.807) is 36.4 Å². The summed E-state index contributed by atoms with van der Waals surface area (Å²) in [5.74, 6) is -3.89. The second-order valence-electron chi connectivity index (χ2n) is 12.8. The van der Waals surface area contributed by atoms with Gasteiger partial charge in [-0.05, 0) is 43.4 Å². The number of amides is 3. The fraction of sp³-hybridized carbons (Fsp3) is 0.459. The molecule has 3 heterocycles. The van der Waals surface area contributed by atoms with Gasteiger partial charge < -0.3 is 29.7 Å². The summed E-state index contributed by atoms with van der Waals surface area (Å²) in [4.78, 5) is 58.9. The number of carbonyl (C=O) groups excluding carboxylic acids is 4. The zero-order valence-corrected chi connectivity index (χ0v) is 30.1. The molecule has 5 rings (SSSR count). The third-order valence-electron chi connectivity index (χ3n) is 9.83. The Morgan fingerprint density at radius 1 is 1.20 bits per heavy atom. The lowest BCUT2D eigenvalue weighted by Crippen LogP contribution is -2.59. The first-order valence-electron chi connectivity index (χ1n) is 16.6. The molecule has 3 fully saturated rings. The molecule has 2 bridgehead atoms. The Bertz CT molecular complexity index is 1570. The van der Waals surface area contributed by atoms with E-state index in [0.29, 0.717) is 29.1 Å². The fourth-order valence-electron chi connectivity index (χ4n) is 7.60. The van der Waals surface area contributed by atoms with Crippen LogP contribution in [0.4, 0.5) is 5.69 Å². The maximum Gasteiger partial charge on any atom is 0.313 e. The van der Waals surface area contributed by atoms with E-state index in [9.17, 15) is 24.3 Å². The van der Waals surface area contributed by atoms with Crippen molar-refractivity contribution in [3.05, 3.63) is 90.0 Å². The highest BCUT2D eigenvalue weighted by atomic mass is 79.9. The van der Waals surface area contributed by atoms with Crippen molar-refractivity contribution in [2.24, 2.45) is 11.8 Å². The Balaban J connectivity index is 1.53. The van der Waals surface area contributed by atoms with Gasteiger partial charge in [0.25, 0.3) is 5.91 Å². The number of likely N-dealkylation sites (tertiary alicyclic amines) is 1. The zero-order valence-electron chi connectivity index (χ0n) is 27.7. The van der Waals surface area contributed by atoms with Crippen LogP contribution in [0.2, 0.25) is 5.02 Å². The molecule has 0 aromatic heterocycles. The van der Waals surface area contributed by atoms with Crippen LogP contribution in [0.25, 0.3) is 0 Å². The lowest BCUT2D eigenvalue weighted by molar-refractivity contribution is -0.160. The molecular formula is C37H43BrClN3O7. The van der Waals surface area contributed by atoms with Crippen molar-refractivity contribution in [2.75, 3.05) is 24.6 Å². The van der Waals surface area contributed by atoms with Crippen molar-refractivity contribution in [1.82, 2.24) is 10.2 Å². The minimum atomic E-state index is -1.39. The van der Waals surface area contributed by atoms with Crippen molar-refractivity contribution >= 4 is 56.9 Å². The number of esters is 1. The van der Waals surface area contributed by atoms with Crippen LogP contribution < -0.4 is 10.2 Å². The van der Waals surface area contributed by atoms with E-state index in [1.807, 2.05) is 38.1 Å². The number of halogens is 2. The van der Waals surface area contributed by atoms with Gasteiger partial charge in [-0.1, -0.05) is 89.1 Å². The van der Waals surface area contributed by atoms with Gasteiger partial charge in [-0.3, -0.25) is 19.2 Å². The van der Waals surface area contributed by atoms with Gasteiger partial charge >= 0.3 is 5.97 Å². The van der Waals surface area contributed by atoms with Gasteiger partial charge in [0.15, 0.2) is 0 Å². The van der Waals surface area contributed by atoms with E-state index in [1.165, 1.54) is 9.80 Å². The third kappa shape index (κ3) is 6.82. The highest BCUT2D eigenvalue weighted by Crippen LogP contribution is 2.61. The molecule has 3 aliphatic heterocycles. The normalized spacial score (nSPS) is 26.5. The summed E-state index contributed by atoms with van der Waals surface area (Å²) in [6.45, 7) is 10.9. The maximum absolute atomic E-state index is 14.9. The van der Waals surface area contributed by atoms with Crippen molar-refractivity contribution in [3.63, 3.8) is 0 Å². The Morgan fingerprint density at radius 3 is 2.57 bits per heavy atom. The highest BCUT2D eigenvalue weighted by Gasteiger charge is 2.77. The number of anilines is 1. The molecule has 3 aliphatic rings. The van der Waals surface area contributed by atoms with E-state index in [0.717, 1.165) is 5.56 Å². The van der Waals surface area contributed by atoms with Crippen molar-refractivity contribution in [1.29, 1.82) is 0 Å². The quantitative estimate of drug-likeness (QED) is 0.148. The van der Waals surface area contributed by atoms with Gasteiger partial charge in [0.05, 0.1) is 47.8 Å². The van der Waals surface area contributed by atoms with Gasteiger partial charge in [0.1, 0.15) is 17.7 Å². The van der Waals surface area contributed by atoms with Gasteiger partial charge in [0, 0.05) is 17.8 Å². The van der Waals surface area contributed by atoms with E-state index < -0.39 is 59.5 Å². The van der Waals surface area contributed by atoms with E-state index in [2.05, 4.69) is 34.4 Å². The summed E-state index contributed by atoms with van der Waals surface area (Å²) in [6.07, 6.45) is 3.01. The number of alkyl halides is 1. The molecule has 262 valence electrons. The zero-order chi connectivity index (χ0) is 35.5. The molecular weight excluding hydrogens is 714 g/mol. The van der Waals surface area contributed by atoms with E-state index in [-0.39, 0.29) is 43.3 Å². The molecule has 10 nitrogen and oxygen atoms in total. The molecule has 1 unspecified atom stereocenters. The summed E-state index contributed by atoms with van der Waals surface area (Å²) in [7, 11) is 0. The number of fused-ring (bicyclic) bond motifs is 1. The van der Waals surface area contributed by atoms with Crippen LogP contribution in [-0.2, 0) is 28.7 Å². The first-order chi connectivity index (χ1) is 23.5. The van der Waals surface area contributed by atoms with Crippen molar-refractivity contribution in [3.8, 4) is 0 Å². The summed E-state index contributed by atoms with van der Waals surface area (Å²) in [5.41, 5.74) is 0.512. The number of carbonyl (C=O) groups is 4. The summed E-state index contributed by atoms with van der Waals surface area (Å²) >= 11 is 10.4. The fourth-order valence-corrected chi connectivity index (χ4v) is 8.86. The molecule has 0 radical (unpaired) electrons. The average molecular weight is 757 g/mol. The molecule has 0 saturated carbocycles. The molecule has 8 atom stereocenters. The SMILES string of the molecule is C=CCCC(=O)NC[C@@H](OC(=O)[C@@H]1[C@H]2O[C@@]3(CC2Br)[C@H](C(=O)N(CC=C)c2c(C)cccc2Cl)N([C@@H](CC)CO)C(=O)[C@@H]13)c1ccccc1. The first-order valence-corrected chi connectivity index (χ1v) is 17.9. The Kier molecular flexibility index (Phi) is 11.7. The van der Waals surface area contributed by atoms with Crippen LogP contribution >= 0.6 is 27.5 Å². The van der Waals surface area contributed by atoms with Crippen molar-refractivity contribution in [2.45, 2.75) is 74.3 Å². The second kappa shape index (κ2) is 15.6. The first kappa shape index (κ1) is 36.8. The molecule has 2 N–H and O–H groups in total. The van der Waals surface area contributed by atoms with E-state index in [4.69, 9.17) is 21.1 Å². The summed E-state index contributed by atoms with van der Waals surface area (Å²) in [5, 5.41) is 13.7. The lowest BCUT2D eigenvalue weighted by atomic mass is 9.70. The summed E-state index contributed by atoms with van der Waals surface area (Å²) in [6, 6.07) is 12.5. The number of ether oxygens (including phenoxy) is 2. The number of aliphatic hydroxyl groups is 1. The van der Waals surface area contributed by atoms with Gasteiger partial charge in [-0.15, -0.1) is 13.2 Å². The molecule has 12 heteroatoms. The van der Waals surface area contributed by atoms with Gasteiger partial charge in [-0.25, -0.2) is 0 Å². The Hall–Kier alpha value is -3.51. The predicted molar refractivity (Wildman–Crippen MR) is 190 cm³/mol. The Labute approximate surface area is 300 Å². The smallest absolute Gasteiger partial charge is 0.313 e. The van der Waals surface area contributed by atoms with Gasteiger partial charge in [0.2, 0.25) is 11.8 Å². The number of hydrogen-bond acceptors (Lipinski definition) is 7. The number of benzene rings is 2. The number of nitrogens with zero attached hydrogens (tertiary/aromatic N) is 2. The number of rotatable bonds is 15.